The average Bonchev–Trinajstić information content (AvgIpc) is 3.13. The van der Waals surface area contributed by atoms with Crippen molar-refractivity contribution in [1.29, 1.82) is 0 Å². The van der Waals surface area contributed by atoms with Gasteiger partial charge in [0.05, 0.1) is 41.0 Å². The molecule has 1 aliphatic rings. The van der Waals surface area contributed by atoms with Gasteiger partial charge in [-0.05, 0) is 87.0 Å². The van der Waals surface area contributed by atoms with Gasteiger partial charge in [-0.15, -0.1) is 0 Å². The molecular weight excluding hydrogens is 704 g/mol. The number of sulfonamides is 1. The second-order valence-electron chi connectivity index (χ2n) is 13.4. The van der Waals surface area contributed by atoms with Gasteiger partial charge < -0.3 is 30.1 Å². The van der Waals surface area contributed by atoms with Crippen LogP contribution in [-0.2, 0) is 14.8 Å². The van der Waals surface area contributed by atoms with Crippen LogP contribution < -0.4 is 15.4 Å². The number of ether oxygens (including phenoxy) is 2. The van der Waals surface area contributed by atoms with Gasteiger partial charge in [0.25, 0.3) is 5.91 Å². The predicted molar refractivity (Wildman–Crippen MR) is 205 cm³/mol. The van der Waals surface area contributed by atoms with Crippen LogP contribution in [-0.4, -0.2) is 86.3 Å². The highest BCUT2D eigenvalue weighted by Gasteiger charge is 2.32. The Balaban J connectivity index is 1.41. The van der Waals surface area contributed by atoms with Gasteiger partial charge in [-0.1, -0.05) is 54.9 Å². The van der Waals surface area contributed by atoms with Crippen molar-refractivity contribution in [3.05, 3.63) is 95.5 Å². The van der Waals surface area contributed by atoms with E-state index in [1.165, 1.54) is 35.6 Å². The maximum Gasteiger partial charge on any atom is 0.323 e. The van der Waals surface area contributed by atoms with E-state index in [4.69, 9.17) is 21.1 Å². The van der Waals surface area contributed by atoms with E-state index in [0.29, 0.717) is 35.2 Å². The quantitative estimate of drug-likeness (QED) is 0.173. The molecule has 1 aliphatic heterocycles. The summed E-state index contributed by atoms with van der Waals surface area (Å²) in [6.45, 7) is 5.84. The van der Waals surface area contributed by atoms with Crippen molar-refractivity contribution in [2.75, 3.05) is 44.0 Å². The van der Waals surface area contributed by atoms with Crippen LogP contribution in [0, 0.1) is 5.92 Å². The normalized spacial score (nSPS) is 19.7. The molecule has 13 heteroatoms. The van der Waals surface area contributed by atoms with Crippen molar-refractivity contribution in [2.45, 2.75) is 63.2 Å². The molecule has 0 unspecified atom stereocenters. The number of anilines is 2. The van der Waals surface area contributed by atoms with Crippen molar-refractivity contribution in [2.24, 2.45) is 5.92 Å². The summed E-state index contributed by atoms with van der Waals surface area (Å²) in [6, 6.07) is 23.2. The summed E-state index contributed by atoms with van der Waals surface area (Å²) in [7, 11) is -2.36. The number of likely N-dealkylation sites (N-methyl/N-ethyl adjacent to an activating group) is 1. The molecular formula is C39H47ClN4O7S. The van der Waals surface area contributed by atoms with Gasteiger partial charge in [0.15, 0.2) is 0 Å². The molecule has 0 saturated heterocycles. The molecule has 3 amide bonds. The summed E-state index contributed by atoms with van der Waals surface area (Å²) in [5.41, 5.74) is 1.24. The van der Waals surface area contributed by atoms with Gasteiger partial charge in [0.1, 0.15) is 5.75 Å². The first-order chi connectivity index (χ1) is 24.9. The number of benzene rings is 4. The van der Waals surface area contributed by atoms with E-state index in [1.54, 1.807) is 30.0 Å². The summed E-state index contributed by atoms with van der Waals surface area (Å²) < 4.78 is 40.9. The Morgan fingerprint density at radius 2 is 1.75 bits per heavy atom. The molecule has 4 aromatic carbocycles. The molecule has 0 spiro atoms. The van der Waals surface area contributed by atoms with Crippen LogP contribution in [0.1, 0.15) is 50.4 Å². The Labute approximate surface area is 310 Å². The number of urea groups is 1. The topological polar surface area (TPSA) is 138 Å². The fourth-order valence-corrected chi connectivity index (χ4v) is 7.53. The summed E-state index contributed by atoms with van der Waals surface area (Å²) in [5, 5.41) is 18.4. The Hall–Kier alpha value is -4.20. The molecule has 5 rings (SSSR count). The first-order valence-electron chi connectivity index (χ1n) is 17.5. The lowest BCUT2D eigenvalue weighted by Crippen LogP contribution is -2.48. The molecule has 4 aromatic rings. The first-order valence-corrected chi connectivity index (χ1v) is 19.3. The molecule has 52 heavy (non-hydrogen) atoms. The van der Waals surface area contributed by atoms with E-state index in [9.17, 15) is 23.1 Å². The second-order valence-corrected chi connectivity index (χ2v) is 15.8. The van der Waals surface area contributed by atoms with E-state index in [-0.39, 0.29) is 42.2 Å². The van der Waals surface area contributed by atoms with Crippen molar-refractivity contribution in [3.8, 4) is 5.75 Å². The van der Waals surface area contributed by atoms with Crippen LogP contribution in [0.15, 0.2) is 89.8 Å². The van der Waals surface area contributed by atoms with Gasteiger partial charge in [0.2, 0.25) is 10.0 Å². The number of nitrogens with zero attached hydrogens (tertiary/aromatic N) is 2. The molecule has 0 aliphatic carbocycles. The SMILES string of the molecule is C[C@@H]1CCCCO[C@H](CN(C)S(=O)(=O)c2ccc(Cl)cc2)[C@@H](C)CN([C@H](C)CO)C(=O)c2cc(NC(=O)Nc3cccc4ccccc34)ccc2O1. The van der Waals surface area contributed by atoms with Crippen molar-refractivity contribution in [1.82, 2.24) is 9.21 Å². The largest absolute Gasteiger partial charge is 0.490 e. The molecule has 1 heterocycles. The number of fused-ring (bicyclic) bond motifs is 2. The molecule has 0 aromatic heterocycles. The molecule has 278 valence electrons. The summed E-state index contributed by atoms with van der Waals surface area (Å²) >= 11 is 6.00. The number of nitrogens with one attached hydrogen (secondary N) is 2. The summed E-state index contributed by atoms with van der Waals surface area (Å²) in [4.78, 5) is 29.4. The van der Waals surface area contributed by atoms with Crippen LogP contribution in [0.2, 0.25) is 5.02 Å². The lowest BCUT2D eigenvalue weighted by Gasteiger charge is -2.35. The van der Waals surface area contributed by atoms with E-state index >= 15 is 0 Å². The third-order valence-corrected chi connectivity index (χ3v) is 11.4. The summed E-state index contributed by atoms with van der Waals surface area (Å²) in [5.74, 6) is -0.398. The lowest BCUT2D eigenvalue weighted by atomic mass is 10.0. The Bertz CT molecular complexity index is 1950. The van der Waals surface area contributed by atoms with Crippen LogP contribution in [0.3, 0.4) is 0 Å². The molecule has 4 atom stereocenters. The second kappa shape index (κ2) is 17.5. The maximum atomic E-state index is 14.5. The smallest absolute Gasteiger partial charge is 0.323 e. The highest BCUT2D eigenvalue weighted by atomic mass is 35.5. The number of hydrogen-bond acceptors (Lipinski definition) is 7. The highest BCUT2D eigenvalue weighted by Crippen LogP contribution is 2.30. The van der Waals surface area contributed by atoms with Gasteiger partial charge in [0, 0.05) is 48.8 Å². The van der Waals surface area contributed by atoms with E-state index in [2.05, 4.69) is 10.6 Å². The Morgan fingerprint density at radius 1 is 1.02 bits per heavy atom. The highest BCUT2D eigenvalue weighted by molar-refractivity contribution is 7.89. The van der Waals surface area contributed by atoms with Crippen LogP contribution in [0.25, 0.3) is 10.8 Å². The third kappa shape index (κ3) is 9.61. The zero-order chi connectivity index (χ0) is 37.4. The van der Waals surface area contributed by atoms with E-state index in [0.717, 1.165) is 23.6 Å². The van der Waals surface area contributed by atoms with Gasteiger partial charge in [-0.25, -0.2) is 13.2 Å². The fourth-order valence-electron chi connectivity index (χ4n) is 6.22. The number of carbonyl (C=O) groups excluding carboxylic acids is 2. The fraction of sp³-hybridized carbons (Fsp3) is 0.385. The van der Waals surface area contributed by atoms with E-state index < -0.39 is 34.1 Å². The monoisotopic (exact) mass is 750 g/mol. The number of aliphatic hydroxyl groups excluding tert-OH is 1. The maximum absolute atomic E-state index is 14.5. The van der Waals surface area contributed by atoms with E-state index in [1.807, 2.05) is 56.3 Å². The first kappa shape index (κ1) is 39.0. The molecule has 11 nitrogen and oxygen atoms in total. The Kier molecular flexibility index (Phi) is 13.2. The summed E-state index contributed by atoms with van der Waals surface area (Å²) in [6.07, 6.45) is 1.38. The van der Waals surface area contributed by atoms with Crippen molar-refractivity contribution in [3.63, 3.8) is 0 Å². The molecule has 0 saturated carbocycles. The molecule has 0 fully saturated rings. The number of amides is 3. The number of carbonyl (C=O) groups is 2. The third-order valence-electron chi connectivity index (χ3n) is 9.31. The van der Waals surface area contributed by atoms with Crippen LogP contribution >= 0.6 is 11.6 Å². The van der Waals surface area contributed by atoms with Crippen LogP contribution in [0.4, 0.5) is 16.2 Å². The minimum Gasteiger partial charge on any atom is -0.490 e. The number of rotatable bonds is 8. The predicted octanol–water partition coefficient (Wildman–Crippen LogP) is 7.25. The number of halogens is 1. The lowest BCUT2D eigenvalue weighted by molar-refractivity contribution is -0.00833. The van der Waals surface area contributed by atoms with Crippen molar-refractivity contribution < 1.29 is 32.6 Å². The van der Waals surface area contributed by atoms with Crippen molar-refractivity contribution >= 4 is 55.7 Å². The van der Waals surface area contributed by atoms with Crippen LogP contribution in [0.5, 0.6) is 5.75 Å². The zero-order valence-electron chi connectivity index (χ0n) is 29.9. The minimum atomic E-state index is -3.86. The Morgan fingerprint density at radius 3 is 2.50 bits per heavy atom. The standard InChI is InChI=1S/C39H47ClN4O7S/c1-26-23-44(27(2)25-45)38(46)34-22-31(41-39(47)42-35-14-9-12-29-11-5-6-13-33(29)35)17-20-36(34)51-28(3)10-7-8-21-50-37(26)24-43(4)52(48,49)32-18-15-30(40)16-19-32/h5-6,9,11-20,22,26-28,37,45H,7-8,10,21,23-25H2,1-4H3,(H2,41,42,47)/t26-,27+,28+,37+/m0/s1. The molecule has 0 bridgehead atoms. The molecule has 3 N–H and O–H groups in total. The minimum absolute atomic E-state index is 0.0393. The van der Waals surface area contributed by atoms with Gasteiger partial charge in [-0.2, -0.15) is 4.31 Å². The van der Waals surface area contributed by atoms with Gasteiger partial charge >= 0.3 is 6.03 Å². The number of aliphatic hydroxyl groups is 1. The average molecular weight is 751 g/mol. The number of hydrogen-bond donors (Lipinski definition) is 3. The van der Waals surface area contributed by atoms with Gasteiger partial charge in [-0.3, -0.25) is 4.79 Å². The molecule has 0 radical (unpaired) electrons. The zero-order valence-corrected chi connectivity index (χ0v) is 31.5.